The van der Waals surface area contributed by atoms with Crippen molar-refractivity contribution in [3.63, 3.8) is 0 Å². The zero-order chi connectivity index (χ0) is 22.0. The number of phenols is 1. The number of aromatic hydroxyl groups is 1. The second-order valence-electron chi connectivity index (χ2n) is 6.89. The van der Waals surface area contributed by atoms with E-state index in [-0.39, 0.29) is 18.1 Å². The van der Waals surface area contributed by atoms with Crippen molar-refractivity contribution in [2.75, 3.05) is 24.0 Å². The lowest BCUT2D eigenvalue weighted by Crippen LogP contribution is -2.15. The minimum atomic E-state index is -0.419. The van der Waals surface area contributed by atoms with Crippen LogP contribution in [-0.4, -0.2) is 44.7 Å². The molecule has 3 aromatic rings. The van der Waals surface area contributed by atoms with E-state index in [0.717, 1.165) is 29.7 Å². The molecule has 1 aliphatic rings. The monoisotopic (exact) mass is 459 g/mol. The molecular weight excluding hydrogens is 438 g/mol. The van der Waals surface area contributed by atoms with Crippen molar-refractivity contribution in [3.05, 3.63) is 40.3 Å². The summed E-state index contributed by atoms with van der Waals surface area (Å²) in [5.74, 6) is 6.25. The van der Waals surface area contributed by atoms with E-state index in [4.69, 9.17) is 10.6 Å². The van der Waals surface area contributed by atoms with Gasteiger partial charge in [-0.05, 0) is 37.0 Å². The van der Waals surface area contributed by atoms with E-state index in [1.807, 2.05) is 0 Å². The summed E-state index contributed by atoms with van der Waals surface area (Å²) >= 11 is 2.73. The molecule has 162 valence electrons. The van der Waals surface area contributed by atoms with Crippen LogP contribution in [0, 0.1) is 0 Å². The fraction of sp³-hybridized carbons (Fsp3) is 0.300. The van der Waals surface area contributed by atoms with Crippen LogP contribution in [0.2, 0.25) is 0 Å². The van der Waals surface area contributed by atoms with Crippen LogP contribution in [0.3, 0.4) is 0 Å². The number of para-hydroxylation sites is 1. The summed E-state index contributed by atoms with van der Waals surface area (Å²) in [7, 11) is 1.34. The topological polar surface area (TPSA) is 132 Å². The molecule has 0 unspecified atom stereocenters. The van der Waals surface area contributed by atoms with Gasteiger partial charge in [-0.25, -0.2) is 9.47 Å². The number of thioether (sulfide) groups is 1. The van der Waals surface area contributed by atoms with Crippen LogP contribution >= 0.6 is 23.1 Å². The van der Waals surface area contributed by atoms with Crippen molar-refractivity contribution >= 4 is 40.0 Å². The molecule has 0 saturated carbocycles. The van der Waals surface area contributed by atoms with Gasteiger partial charge in [0.05, 0.1) is 18.2 Å². The smallest absolute Gasteiger partial charge is 0.341 e. The molecule has 0 bridgehead atoms. The van der Waals surface area contributed by atoms with E-state index in [1.54, 1.807) is 24.3 Å². The van der Waals surface area contributed by atoms with Crippen LogP contribution in [0.15, 0.2) is 29.4 Å². The maximum absolute atomic E-state index is 12.5. The lowest BCUT2D eigenvalue weighted by Gasteiger charge is -2.07. The Balaban J connectivity index is 1.38. The van der Waals surface area contributed by atoms with Crippen molar-refractivity contribution in [2.45, 2.75) is 30.8 Å². The third kappa shape index (κ3) is 4.23. The third-order valence-electron chi connectivity index (χ3n) is 4.93. The van der Waals surface area contributed by atoms with Crippen LogP contribution in [0.25, 0.3) is 11.4 Å². The molecule has 1 amide bonds. The molecule has 0 spiro atoms. The summed E-state index contributed by atoms with van der Waals surface area (Å²) in [5, 5.41) is 21.9. The summed E-state index contributed by atoms with van der Waals surface area (Å²) in [4.78, 5) is 25.8. The van der Waals surface area contributed by atoms with E-state index in [9.17, 15) is 14.7 Å². The standard InChI is InChI=1S/C20H21N5O4S2/c1-29-19(28)16-12-6-4-8-14(12)31-18(16)22-15(27)9-10-30-20-24-23-17(25(20)21)11-5-2-3-7-13(11)26/h2-3,5,7,26H,4,6,8-10,21H2,1H3,(H,22,27). The van der Waals surface area contributed by atoms with Gasteiger partial charge in [0.15, 0.2) is 5.82 Å². The van der Waals surface area contributed by atoms with Gasteiger partial charge in [-0.15, -0.1) is 21.5 Å². The Hall–Kier alpha value is -3.05. The molecule has 0 saturated heterocycles. The first-order chi connectivity index (χ1) is 15.0. The number of hydrogen-bond acceptors (Lipinski definition) is 9. The number of methoxy groups -OCH3 is 1. The van der Waals surface area contributed by atoms with Gasteiger partial charge in [-0.2, -0.15) is 0 Å². The maximum Gasteiger partial charge on any atom is 0.341 e. The Morgan fingerprint density at radius 2 is 2.13 bits per heavy atom. The Labute approximate surface area is 186 Å². The number of nitrogens with zero attached hydrogens (tertiary/aromatic N) is 3. The molecular formula is C20H21N5O4S2. The predicted molar refractivity (Wildman–Crippen MR) is 119 cm³/mol. The normalized spacial score (nSPS) is 12.5. The van der Waals surface area contributed by atoms with Gasteiger partial charge in [0.1, 0.15) is 10.8 Å². The number of carbonyl (C=O) groups excluding carboxylic acids is 2. The van der Waals surface area contributed by atoms with Crippen molar-refractivity contribution in [1.29, 1.82) is 0 Å². The largest absolute Gasteiger partial charge is 0.507 e. The summed E-state index contributed by atoms with van der Waals surface area (Å²) in [6.07, 6.45) is 2.96. The van der Waals surface area contributed by atoms with Crippen molar-refractivity contribution < 1.29 is 19.4 Å². The van der Waals surface area contributed by atoms with Crippen molar-refractivity contribution in [2.24, 2.45) is 0 Å². The fourth-order valence-corrected chi connectivity index (χ4v) is 5.54. The summed E-state index contributed by atoms with van der Waals surface area (Å²) in [5.41, 5.74) is 1.95. The van der Waals surface area contributed by atoms with Crippen LogP contribution in [-0.2, 0) is 22.4 Å². The van der Waals surface area contributed by atoms with Gasteiger partial charge in [0, 0.05) is 17.1 Å². The van der Waals surface area contributed by atoms with Gasteiger partial charge in [-0.3, -0.25) is 4.79 Å². The fourth-order valence-electron chi connectivity index (χ4n) is 3.46. The summed E-state index contributed by atoms with van der Waals surface area (Å²) in [6.45, 7) is 0. The van der Waals surface area contributed by atoms with E-state index in [2.05, 4.69) is 15.5 Å². The minimum absolute atomic E-state index is 0.0572. The minimum Gasteiger partial charge on any atom is -0.507 e. The molecule has 4 rings (SSSR count). The maximum atomic E-state index is 12.5. The van der Waals surface area contributed by atoms with Gasteiger partial charge in [0.2, 0.25) is 11.1 Å². The number of fused-ring (bicyclic) bond motifs is 1. The Morgan fingerprint density at radius 3 is 2.90 bits per heavy atom. The molecule has 11 heteroatoms. The van der Waals surface area contributed by atoms with E-state index in [1.165, 1.54) is 34.9 Å². The lowest BCUT2D eigenvalue weighted by molar-refractivity contribution is -0.115. The number of nitrogens with one attached hydrogen (secondary N) is 1. The van der Waals surface area contributed by atoms with Crippen LogP contribution in [0.4, 0.5) is 5.00 Å². The van der Waals surface area contributed by atoms with E-state index in [0.29, 0.717) is 32.9 Å². The molecule has 1 aromatic carbocycles. The second-order valence-corrected chi connectivity index (χ2v) is 9.06. The number of ether oxygens (including phenoxy) is 1. The van der Waals surface area contributed by atoms with Crippen LogP contribution in [0.1, 0.15) is 33.6 Å². The molecule has 2 heterocycles. The number of nitrogens with two attached hydrogens (primary N) is 1. The molecule has 9 nitrogen and oxygen atoms in total. The number of benzene rings is 1. The number of amides is 1. The Morgan fingerprint density at radius 1 is 1.32 bits per heavy atom. The average Bonchev–Trinajstić information content (AvgIpc) is 3.43. The van der Waals surface area contributed by atoms with E-state index < -0.39 is 5.97 Å². The highest BCUT2D eigenvalue weighted by Gasteiger charge is 2.28. The summed E-state index contributed by atoms with van der Waals surface area (Å²) in [6, 6.07) is 6.72. The molecule has 0 radical (unpaired) electrons. The molecule has 1 aliphatic carbocycles. The second kappa shape index (κ2) is 8.98. The first-order valence-corrected chi connectivity index (χ1v) is 11.4. The summed E-state index contributed by atoms with van der Waals surface area (Å²) < 4.78 is 6.19. The number of rotatable bonds is 7. The van der Waals surface area contributed by atoms with Gasteiger partial charge in [0.25, 0.3) is 0 Å². The molecule has 0 fully saturated rings. The third-order valence-corrected chi connectivity index (χ3v) is 7.09. The number of phenolic OH excluding ortho intramolecular Hbond substituents is 1. The highest BCUT2D eigenvalue weighted by molar-refractivity contribution is 7.99. The number of nitrogen functional groups attached to an aromatic ring is 1. The number of aryl methyl sites for hydroxylation is 1. The molecule has 2 aromatic heterocycles. The number of hydrogen-bond donors (Lipinski definition) is 3. The predicted octanol–water partition coefficient (Wildman–Crippen LogP) is 2.82. The average molecular weight is 460 g/mol. The van der Waals surface area contributed by atoms with Crippen molar-refractivity contribution in [3.8, 4) is 17.1 Å². The van der Waals surface area contributed by atoms with Crippen molar-refractivity contribution in [1.82, 2.24) is 14.9 Å². The van der Waals surface area contributed by atoms with Crippen LogP contribution in [0.5, 0.6) is 5.75 Å². The van der Waals surface area contributed by atoms with Gasteiger partial charge < -0.3 is 21.0 Å². The van der Waals surface area contributed by atoms with E-state index >= 15 is 0 Å². The number of esters is 1. The highest BCUT2D eigenvalue weighted by Crippen LogP contribution is 2.39. The molecule has 4 N–H and O–H groups in total. The zero-order valence-corrected chi connectivity index (χ0v) is 18.4. The lowest BCUT2D eigenvalue weighted by atomic mass is 10.1. The van der Waals surface area contributed by atoms with Crippen LogP contribution < -0.4 is 11.2 Å². The van der Waals surface area contributed by atoms with Gasteiger partial charge >= 0.3 is 5.97 Å². The number of aromatic nitrogens is 3. The number of thiophene rings is 1. The highest BCUT2D eigenvalue weighted by atomic mass is 32.2. The van der Waals surface area contributed by atoms with Gasteiger partial charge in [-0.1, -0.05) is 23.9 Å². The first-order valence-electron chi connectivity index (χ1n) is 9.64. The quantitative estimate of drug-likeness (QED) is 0.279. The number of anilines is 1. The molecule has 0 atom stereocenters. The Kier molecular flexibility index (Phi) is 6.14. The zero-order valence-electron chi connectivity index (χ0n) is 16.8. The molecule has 0 aliphatic heterocycles. The molecule has 31 heavy (non-hydrogen) atoms. The number of carbonyl (C=O) groups is 2. The first kappa shape index (κ1) is 21.2. The Bertz CT molecular complexity index is 1140. The SMILES string of the molecule is COC(=O)c1c(NC(=O)CCSc2nnc(-c3ccccc3O)n2N)sc2c1CCC2.